The third-order valence-corrected chi connectivity index (χ3v) is 6.42. The molecular weight excluding hydrogens is 407 g/mol. The molecule has 0 spiro atoms. The lowest BCUT2D eigenvalue weighted by atomic mass is 10.3. The van der Waals surface area contributed by atoms with Crippen LogP contribution in [0.3, 0.4) is 0 Å². The van der Waals surface area contributed by atoms with E-state index in [0.717, 1.165) is 6.07 Å². The molecule has 2 unspecified atom stereocenters. The summed E-state index contributed by atoms with van der Waals surface area (Å²) >= 11 is 8.79. The Morgan fingerprint density at radius 2 is 2.14 bits per heavy atom. The van der Waals surface area contributed by atoms with Crippen LogP contribution in [-0.2, 0) is 20.8 Å². The lowest BCUT2D eigenvalue weighted by molar-refractivity contribution is 0.540. The monoisotopic (exact) mass is 420 g/mol. The van der Waals surface area contributed by atoms with Gasteiger partial charge in [0, 0.05) is 28.9 Å². The molecule has 10 heteroatoms. The quantitative estimate of drug-likeness (QED) is 0.544. The molecule has 0 aliphatic carbocycles. The summed E-state index contributed by atoms with van der Waals surface area (Å²) in [5, 5.41) is -0.00316. The Morgan fingerprint density at radius 3 is 2.67 bits per heavy atom. The van der Waals surface area contributed by atoms with Gasteiger partial charge in [-0.3, -0.25) is 4.21 Å². The summed E-state index contributed by atoms with van der Waals surface area (Å²) in [7, 11) is -5.14. The Kier molecular flexibility index (Phi) is 6.60. The lowest BCUT2D eigenvalue weighted by Gasteiger charge is -2.15. The van der Waals surface area contributed by atoms with Crippen molar-refractivity contribution in [2.75, 3.05) is 17.7 Å². The third-order valence-electron chi connectivity index (χ3n) is 2.64. The van der Waals surface area contributed by atoms with Crippen molar-refractivity contribution in [3.8, 4) is 0 Å². The fourth-order valence-electron chi connectivity index (χ4n) is 1.53. The number of hydrogen-bond donors (Lipinski definition) is 2. The Labute approximate surface area is 139 Å². The maximum atomic E-state index is 14.0. The van der Waals surface area contributed by atoms with Crippen LogP contribution in [0.1, 0.15) is 13.3 Å². The highest BCUT2D eigenvalue weighted by atomic mass is 79.9. The van der Waals surface area contributed by atoms with Crippen LogP contribution in [0.5, 0.6) is 0 Å². The Bertz CT molecular complexity index is 670. The second kappa shape index (κ2) is 7.36. The van der Waals surface area contributed by atoms with Gasteiger partial charge in [-0.2, -0.15) is 0 Å². The minimum Gasteiger partial charge on any atom is -0.395 e. The summed E-state index contributed by atoms with van der Waals surface area (Å²) in [5.74, 6) is -0.722. The van der Waals surface area contributed by atoms with Crippen molar-refractivity contribution in [2.45, 2.75) is 24.3 Å². The first-order valence-electron chi connectivity index (χ1n) is 5.81. The second-order valence-corrected chi connectivity index (χ2v) is 8.92. The average Bonchev–Trinajstić information content (AvgIpc) is 2.37. The highest BCUT2D eigenvalue weighted by molar-refractivity contribution is 9.10. The Hall–Kier alpha value is -0.220. The number of hydrogen-bond acceptors (Lipinski definition) is 4. The van der Waals surface area contributed by atoms with E-state index in [0.29, 0.717) is 12.2 Å². The van der Waals surface area contributed by atoms with Gasteiger partial charge in [0.15, 0.2) is 5.82 Å². The van der Waals surface area contributed by atoms with Gasteiger partial charge in [0.2, 0.25) is 10.0 Å². The van der Waals surface area contributed by atoms with Crippen LogP contribution in [-0.4, -0.2) is 30.7 Å². The topological polar surface area (TPSA) is 89.3 Å². The van der Waals surface area contributed by atoms with Gasteiger partial charge in [0.25, 0.3) is 0 Å². The van der Waals surface area contributed by atoms with Crippen molar-refractivity contribution in [3.05, 3.63) is 21.4 Å². The molecule has 0 saturated heterocycles. The van der Waals surface area contributed by atoms with Crippen LogP contribution in [0.4, 0.5) is 10.1 Å². The predicted octanol–water partition coefficient (Wildman–Crippen LogP) is 2.26. The SMILES string of the molecule is CC(CCS(C)=O)NS(=O)(=O)c1cc(Cl)c(Br)c(N)c1F. The van der Waals surface area contributed by atoms with E-state index in [2.05, 4.69) is 20.7 Å². The number of nitrogens with one attached hydrogen (secondary N) is 1. The van der Waals surface area contributed by atoms with Gasteiger partial charge in [0.1, 0.15) is 4.90 Å². The molecule has 0 saturated carbocycles. The maximum Gasteiger partial charge on any atom is 0.243 e. The number of nitrogen functional groups attached to an aromatic ring is 1. The summed E-state index contributed by atoms with van der Waals surface area (Å²) in [6, 6.07) is 0.492. The molecule has 0 amide bonds. The molecule has 0 fully saturated rings. The van der Waals surface area contributed by atoms with Crippen molar-refractivity contribution in [3.63, 3.8) is 0 Å². The van der Waals surface area contributed by atoms with E-state index in [9.17, 15) is 17.0 Å². The van der Waals surface area contributed by atoms with Crippen LogP contribution in [0, 0.1) is 5.82 Å². The minimum atomic E-state index is -4.11. The summed E-state index contributed by atoms with van der Waals surface area (Å²) < 4.78 is 51.8. The number of nitrogens with two attached hydrogens (primary N) is 1. The van der Waals surface area contributed by atoms with Crippen molar-refractivity contribution < 1.29 is 17.0 Å². The van der Waals surface area contributed by atoms with E-state index in [-0.39, 0.29) is 15.2 Å². The maximum absolute atomic E-state index is 14.0. The molecule has 1 aromatic rings. The van der Waals surface area contributed by atoms with Crippen molar-refractivity contribution in [1.82, 2.24) is 4.72 Å². The Morgan fingerprint density at radius 1 is 1.57 bits per heavy atom. The molecule has 21 heavy (non-hydrogen) atoms. The fraction of sp³-hybridized carbons (Fsp3) is 0.455. The predicted molar refractivity (Wildman–Crippen MR) is 86.9 cm³/mol. The first kappa shape index (κ1) is 18.8. The molecule has 0 heterocycles. The Balaban J connectivity index is 3.06. The molecule has 2 atom stereocenters. The largest absolute Gasteiger partial charge is 0.395 e. The summed E-state index contributed by atoms with van der Waals surface area (Å²) in [6.45, 7) is 1.60. The van der Waals surface area contributed by atoms with Crippen LogP contribution in [0.15, 0.2) is 15.4 Å². The first-order chi connectivity index (χ1) is 9.56. The first-order valence-corrected chi connectivity index (χ1v) is 10.2. The molecule has 1 rings (SSSR count). The zero-order valence-corrected chi connectivity index (χ0v) is 15.3. The van der Waals surface area contributed by atoms with Crippen LogP contribution >= 0.6 is 27.5 Å². The van der Waals surface area contributed by atoms with Gasteiger partial charge >= 0.3 is 0 Å². The number of sulfonamides is 1. The second-order valence-electron chi connectivity index (χ2n) is 4.49. The molecule has 0 bridgehead atoms. The summed E-state index contributed by atoms with van der Waals surface area (Å²) in [4.78, 5) is -0.613. The average molecular weight is 422 g/mol. The van der Waals surface area contributed by atoms with E-state index in [1.54, 1.807) is 6.92 Å². The highest BCUT2D eigenvalue weighted by Gasteiger charge is 2.25. The van der Waals surface area contributed by atoms with E-state index in [4.69, 9.17) is 17.3 Å². The molecule has 0 aromatic heterocycles. The van der Waals surface area contributed by atoms with Gasteiger partial charge in [0.05, 0.1) is 15.2 Å². The van der Waals surface area contributed by atoms with E-state index in [1.165, 1.54) is 6.26 Å². The molecule has 3 N–H and O–H groups in total. The fourth-order valence-corrected chi connectivity index (χ4v) is 4.17. The summed E-state index contributed by atoms with van der Waals surface area (Å²) in [5.41, 5.74) is 5.10. The van der Waals surface area contributed by atoms with Crippen molar-refractivity contribution >= 4 is 54.0 Å². The van der Waals surface area contributed by atoms with Crippen LogP contribution in [0.25, 0.3) is 0 Å². The van der Waals surface area contributed by atoms with Gasteiger partial charge in [-0.1, -0.05) is 11.6 Å². The molecule has 0 radical (unpaired) electrons. The van der Waals surface area contributed by atoms with E-state index in [1.807, 2.05) is 0 Å². The summed E-state index contributed by atoms with van der Waals surface area (Å²) in [6.07, 6.45) is 1.89. The van der Waals surface area contributed by atoms with Crippen molar-refractivity contribution in [2.24, 2.45) is 0 Å². The molecule has 120 valence electrons. The van der Waals surface area contributed by atoms with Gasteiger partial charge < -0.3 is 5.73 Å². The normalized spacial score (nSPS) is 14.9. The number of halogens is 3. The number of anilines is 1. The zero-order valence-electron chi connectivity index (χ0n) is 11.3. The molecular formula is C11H15BrClFN2O3S2. The zero-order chi connectivity index (χ0) is 16.4. The minimum absolute atomic E-state index is 0.00316. The smallest absolute Gasteiger partial charge is 0.243 e. The van der Waals surface area contributed by atoms with Gasteiger partial charge in [-0.05, 0) is 35.3 Å². The van der Waals surface area contributed by atoms with Crippen LogP contribution in [0.2, 0.25) is 5.02 Å². The molecule has 0 aliphatic rings. The van der Waals surface area contributed by atoms with Gasteiger partial charge in [-0.15, -0.1) is 0 Å². The lowest BCUT2D eigenvalue weighted by Crippen LogP contribution is -2.34. The number of benzene rings is 1. The molecule has 0 aliphatic heterocycles. The standard InChI is InChI=1S/C11H15BrClFN2O3S2/c1-6(3-4-20(2)17)16-21(18,19)8-5-7(13)9(12)11(15)10(8)14/h5-6,16H,3-4,15H2,1-2H3. The molecule has 5 nitrogen and oxygen atoms in total. The van der Waals surface area contributed by atoms with E-state index < -0.39 is 37.6 Å². The highest BCUT2D eigenvalue weighted by Crippen LogP contribution is 2.34. The molecule has 1 aromatic carbocycles. The van der Waals surface area contributed by atoms with Gasteiger partial charge in [-0.25, -0.2) is 17.5 Å². The van der Waals surface area contributed by atoms with Crippen molar-refractivity contribution in [1.29, 1.82) is 0 Å². The number of rotatable bonds is 6. The third kappa shape index (κ3) is 4.88. The van der Waals surface area contributed by atoms with Crippen LogP contribution < -0.4 is 10.5 Å². The van der Waals surface area contributed by atoms with E-state index >= 15 is 0 Å².